The number of amides is 1. The van der Waals surface area contributed by atoms with Crippen molar-refractivity contribution in [1.82, 2.24) is 14.5 Å². The molecule has 1 heterocycles. The molecule has 0 bridgehead atoms. The standard InChI is InChI=1S/C29H28Cl2N4O4/c1-4-5-8-16-33(28(36)20-14-15-23(31)26(17-20)35(38)39)19(3)27-32-24-12-7-6-10-21(24)29(37)34(27)25-13-9-11-22(30)18(25)2/h6-7,9-15,17,19H,4-5,8,16H2,1-3H3. The van der Waals surface area contributed by atoms with Crippen LogP contribution in [0.15, 0.2) is 65.5 Å². The highest BCUT2D eigenvalue weighted by Crippen LogP contribution is 2.30. The molecule has 0 fully saturated rings. The largest absolute Gasteiger partial charge is 0.329 e. The number of para-hydroxylation sites is 1. The molecule has 0 spiro atoms. The third-order valence-electron chi connectivity index (χ3n) is 6.78. The highest BCUT2D eigenvalue weighted by atomic mass is 35.5. The summed E-state index contributed by atoms with van der Waals surface area (Å²) >= 11 is 12.4. The van der Waals surface area contributed by atoms with Crippen LogP contribution in [0.2, 0.25) is 10.0 Å². The van der Waals surface area contributed by atoms with Crippen LogP contribution >= 0.6 is 23.2 Å². The second-order valence-corrected chi connectivity index (χ2v) is 10.1. The Labute approximate surface area is 236 Å². The van der Waals surface area contributed by atoms with E-state index in [0.717, 1.165) is 12.8 Å². The Morgan fingerprint density at radius 2 is 1.82 bits per heavy atom. The number of carbonyl (C=O) groups excluding carboxylic acids is 1. The lowest BCUT2D eigenvalue weighted by Crippen LogP contribution is -2.38. The maximum atomic E-state index is 13.9. The van der Waals surface area contributed by atoms with Crippen molar-refractivity contribution in [2.24, 2.45) is 0 Å². The number of hydrogen-bond acceptors (Lipinski definition) is 5. The van der Waals surface area contributed by atoms with Gasteiger partial charge in [-0.05, 0) is 62.2 Å². The van der Waals surface area contributed by atoms with Crippen LogP contribution in [0.3, 0.4) is 0 Å². The molecule has 0 saturated carbocycles. The van der Waals surface area contributed by atoms with Gasteiger partial charge in [0, 0.05) is 23.2 Å². The number of nitro groups is 1. The Balaban J connectivity index is 1.92. The summed E-state index contributed by atoms with van der Waals surface area (Å²) in [5.41, 5.74) is 1.26. The lowest BCUT2D eigenvalue weighted by atomic mass is 10.1. The Bertz CT molecular complexity index is 1620. The third-order valence-corrected chi connectivity index (χ3v) is 7.51. The van der Waals surface area contributed by atoms with E-state index in [1.165, 1.54) is 22.8 Å². The lowest BCUT2D eigenvalue weighted by Gasteiger charge is -2.31. The fraction of sp³-hybridized carbons (Fsp3) is 0.276. The smallest absolute Gasteiger partial charge is 0.288 e. The number of fused-ring (bicyclic) bond motifs is 1. The van der Waals surface area contributed by atoms with Crippen LogP contribution in [0, 0.1) is 17.0 Å². The Morgan fingerprint density at radius 1 is 1.08 bits per heavy atom. The number of nitrogens with zero attached hydrogens (tertiary/aromatic N) is 4. The summed E-state index contributed by atoms with van der Waals surface area (Å²) in [5, 5.41) is 12.4. The first-order chi connectivity index (χ1) is 18.6. The molecule has 202 valence electrons. The number of halogens is 2. The molecule has 1 unspecified atom stereocenters. The van der Waals surface area contributed by atoms with Crippen LogP contribution in [-0.2, 0) is 0 Å². The zero-order chi connectivity index (χ0) is 28.3. The van der Waals surface area contributed by atoms with E-state index in [4.69, 9.17) is 28.2 Å². The molecular formula is C29H28Cl2N4O4. The molecule has 0 aliphatic heterocycles. The van der Waals surface area contributed by atoms with Gasteiger partial charge in [0.2, 0.25) is 0 Å². The molecule has 0 radical (unpaired) electrons. The van der Waals surface area contributed by atoms with E-state index >= 15 is 0 Å². The number of aromatic nitrogens is 2. The minimum Gasteiger partial charge on any atom is -0.329 e. The van der Waals surface area contributed by atoms with Crippen LogP contribution in [0.1, 0.15) is 60.9 Å². The molecule has 1 amide bonds. The van der Waals surface area contributed by atoms with E-state index in [1.807, 2.05) is 6.92 Å². The highest BCUT2D eigenvalue weighted by Gasteiger charge is 2.29. The van der Waals surface area contributed by atoms with Gasteiger partial charge in [0.1, 0.15) is 10.8 Å². The molecule has 10 heteroatoms. The van der Waals surface area contributed by atoms with Gasteiger partial charge in [-0.1, -0.05) is 61.2 Å². The van der Waals surface area contributed by atoms with Crippen molar-refractivity contribution < 1.29 is 9.72 Å². The summed E-state index contributed by atoms with van der Waals surface area (Å²) in [5.74, 6) is -0.0625. The van der Waals surface area contributed by atoms with Crippen molar-refractivity contribution in [1.29, 1.82) is 0 Å². The molecule has 1 aromatic heterocycles. The zero-order valence-corrected chi connectivity index (χ0v) is 23.4. The first kappa shape index (κ1) is 28.3. The molecule has 3 aromatic carbocycles. The fourth-order valence-electron chi connectivity index (χ4n) is 4.60. The predicted molar refractivity (Wildman–Crippen MR) is 154 cm³/mol. The van der Waals surface area contributed by atoms with Gasteiger partial charge in [0.05, 0.1) is 27.6 Å². The molecule has 8 nitrogen and oxygen atoms in total. The molecule has 0 saturated heterocycles. The van der Waals surface area contributed by atoms with Gasteiger partial charge in [0.25, 0.3) is 17.2 Å². The van der Waals surface area contributed by atoms with Crippen molar-refractivity contribution in [2.75, 3.05) is 6.54 Å². The normalized spacial score (nSPS) is 11.9. The van der Waals surface area contributed by atoms with E-state index < -0.39 is 16.9 Å². The molecule has 1 atom stereocenters. The van der Waals surface area contributed by atoms with E-state index in [9.17, 15) is 19.7 Å². The lowest BCUT2D eigenvalue weighted by molar-refractivity contribution is -0.384. The van der Waals surface area contributed by atoms with Gasteiger partial charge >= 0.3 is 0 Å². The van der Waals surface area contributed by atoms with Crippen LogP contribution in [0.25, 0.3) is 16.6 Å². The molecule has 0 N–H and O–H groups in total. The third kappa shape index (κ3) is 5.67. The van der Waals surface area contributed by atoms with Crippen LogP contribution in [0.5, 0.6) is 0 Å². The topological polar surface area (TPSA) is 98.3 Å². The van der Waals surface area contributed by atoms with Crippen molar-refractivity contribution >= 4 is 45.7 Å². The van der Waals surface area contributed by atoms with E-state index in [0.29, 0.717) is 46.0 Å². The van der Waals surface area contributed by atoms with Gasteiger partial charge in [-0.15, -0.1) is 0 Å². The minimum absolute atomic E-state index is 0.0522. The number of unbranched alkanes of at least 4 members (excludes halogenated alkanes) is 2. The Hall–Kier alpha value is -3.75. The maximum Gasteiger partial charge on any atom is 0.288 e. The molecule has 0 aliphatic rings. The quantitative estimate of drug-likeness (QED) is 0.120. The average molecular weight is 567 g/mol. The first-order valence-electron chi connectivity index (χ1n) is 12.7. The Morgan fingerprint density at radius 3 is 2.54 bits per heavy atom. The molecular weight excluding hydrogens is 539 g/mol. The van der Waals surface area contributed by atoms with Crippen LogP contribution in [-0.4, -0.2) is 31.8 Å². The van der Waals surface area contributed by atoms with Gasteiger partial charge < -0.3 is 4.90 Å². The summed E-state index contributed by atoms with van der Waals surface area (Å²) in [4.78, 5) is 45.1. The van der Waals surface area contributed by atoms with Gasteiger partial charge in [-0.2, -0.15) is 0 Å². The first-order valence-corrected chi connectivity index (χ1v) is 13.4. The second kappa shape index (κ2) is 12.0. The second-order valence-electron chi connectivity index (χ2n) is 9.32. The van der Waals surface area contributed by atoms with E-state index in [-0.39, 0.29) is 21.8 Å². The summed E-state index contributed by atoms with van der Waals surface area (Å²) in [6.45, 7) is 6.05. The molecule has 39 heavy (non-hydrogen) atoms. The van der Waals surface area contributed by atoms with E-state index in [1.54, 1.807) is 54.3 Å². The van der Waals surface area contributed by atoms with E-state index in [2.05, 4.69) is 6.92 Å². The monoisotopic (exact) mass is 566 g/mol. The number of benzene rings is 3. The Kier molecular flexibility index (Phi) is 8.67. The van der Waals surface area contributed by atoms with Crippen LogP contribution in [0.4, 0.5) is 5.69 Å². The fourth-order valence-corrected chi connectivity index (χ4v) is 4.95. The number of hydrogen-bond donors (Lipinski definition) is 0. The maximum absolute atomic E-state index is 13.9. The number of rotatable bonds is 9. The minimum atomic E-state index is -0.667. The van der Waals surface area contributed by atoms with Crippen molar-refractivity contribution in [3.05, 3.63) is 108 Å². The molecule has 4 rings (SSSR count). The summed E-state index contributed by atoms with van der Waals surface area (Å²) < 4.78 is 1.51. The SMILES string of the molecule is CCCCCN(C(=O)c1ccc(Cl)c([N+](=O)[O-])c1)C(C)c1nc2ccccc2c(=O)n1-c1cccc(Cl)c1C. The predicted octanol–water partition coefficient (Wildman–Crippen LogP) is 7.30. The average Bonchev–Trinajstić information content (AvgIpc) is 2.92. The molecule has 4 aromatic rings. The molecule has 0 aliphatic carbocycles. The highest BCUT2D eigenvalue weighted by molar-refractivity contribution is 6.32. The van der Waals surface area contributed by atoms with Gasteiger partial charge in [-0.3, -0.25) is 24.3 Å². The van der Waals surface area contributed by atoms with Crippen molar-refractivity contribution in [3.8, 4) is 5.69 Å². The summed E-state index contributed by atoms with van der Waals surface area (Å²) in [6, 6.07) is 15.7. The van der Waals surface area contributed by atoms with Crippen LogP contribution < -0.4 is 5.56 Å². The van der Waals surface area contributed by atoms with Gasteiger partial charge in [0.15, 0.2) is 0 Å². The van der Waals surface area contributed by atoms with Gasteiger partial charge in [-0.25, -0.2) is 4.98 Å². The summed E-state index contributed by atoms with van der Waals surface area (Å²) in [6.07, 6.45) is 2.52. The van der Waals surface area contributed by atoms with Crippen molar-refractivity contribution in [2.45, 2.75) is 46.1 Å². The summed E-state index contributed by atoms with van der Waals surface area (Å²) in [7, 11) is 0. The van der Waals surface area contributed by atoms with Crippen molar-refractivity contribution in [3.63, 3.8) is 0 Å². The zero-order valence-electron chi connectivity index (χ0n) is 21.9. The number of nitro benzene ring substituents is 1. The number of carbonyl (C=O) groups is 1.